The van der Waals surface area contributed by atoms with Crippen molar-refractivity contribution in [1.29, 1.82) is 0 Å². The first-order chi connectivity index (χ1) is 9.08. The lowest BCUT2D eigenvalue weighted by Crippen LogP contribution is -2.35. The van der Waals surface area contributed by atoms with Crippen LogP contribution in [0.15, 0.2) is 18.2 Å². The molecule has 3 nitrogen and oxygen atoms in total. The van der Waals surface area contributed by atoms with Crippen LogP contribution in [0, 0.1) is 12.7 Å². The zero-order valence-electron chi connectivity index (χ0n) is 11.4. The van der Waals surface area contributed by atoms with Crippen molar-refractivity contribution in [3.8, 4) is 0 Å². The molecule has 4 heteroatoms. The van der Waals surface area contributed by atoms with Crippen LogP contribution in [0.1, 0.15) is 30.4 Å². The van der Waals surface area contributed by atoms with Gasteiger partial charge in [-0.1, -0.05) is 12.1 Å². The lowest BCUT2D eigenvalue weighted by molar-refractivity contribution is -0.141. The third kappa shape index (κ3) is 4.31. The van der Waals surface area contributed by atoms with E-state index in [2.05, 4.69) is 5.32 Å². The summed E-state index contributed by atoms with van der Waals surface area (Å²) < 4.78 is 18.0. The molecule has 0 spiro atoms. The Hall–Kier alpha value is -1.42. The second kappa shape index (κ2) is 6.15. The van der Waals surface area contributed by atoms with E-state index in [1.165, 1.54) is 26.0 Å². The predicted molar refractivity (Wildman–Crippen MR) is 71.4 cm³/mol. The minimum Gasteiger partial charge on any atom is -0.469 e. The average Bonchev–Trinajstić information content (AvgIpc) is 3.17. The third-order valence-electron chi connectivity index (χ3n) is 3.39. The van der Waals surface area contributed by atoms with Crippen LogP contribution in [-0.4, -0.2) is 25.2 Å². The number of aryl methyl sites for hydroxylation is 1. The highest BCUT2D eigenvalue weighted by Gasteiger charge is 2.26. The minimum absolute atomic E-state index is 0.0600. The van der Waals surface area contributed by atoms with Gasteiger partial charge >= 0.3 is 5.97 Å². The standard InChI is InChI=1S/C15H20FNO2/c1-10-7-11(3-6-14(10)16)8-13(9-15(18)19-2)17-12-4-5-12/h3,6-7,12-13,17H,4-5,8-9H2,1-2H3. The SMILES string of the molecule is COC(=O)CC(Cc1ccc(F)c(C)c1)NC1CC1. The molecule has 0 bridgehead atoms. The first-order valence-corrected chi connectivity index (χ1v) is 6.66. The number of hydrogen-bond acceptors (Lipinski definition) is 3. The molecule has 0 saturated heterocycles. The van der Waals surface area contributed by atoms with E-state index in [1.807, 2.05) is 6.07 Å². The highest BCUT2D eigenvalue weighted by molar-refractivity contribution is 5.70. The van der Waals surface area contributed by atoms with Crippen molar-refractivity contribution in [1.82, 2.24) is 5.32 Å². The van der Waals surface area contributed by atoms with Gasteiger partial charge in [0.1, 0.15) is 5.82 Å². The smallest absolute Gasteiger partial charge is 0.307 e. The predicted octanol–water partition coefficient (Wildman–Crippen LogP) is 2.36. The second-order valence-electron chi connectivity index (χ2n) is 5.21. The lowest BCUT2D eigenvalue weighted by Gasteiger charge is -2.17. The van der Waals surface area contributed by atoms with E-state index in [0.29, 0.717) is 24.4 Å². The maximum absolute atomic E-state index is 13.2. The zero-order valence-corrected chi connectivity index (χ0v) is 11.4. The van der Waals surface area contributed by atoms with E-state index in [4.69, 9.17) is 4.74 Å². The molecule has 104 valence electrons. The number of methoxy groups -OCH3 is 1. The van der Waals surface area contributed by atoms with Crippen LogP contribution in [-0.2, 0) is 16.0 Å². The molecule has 1 aliphatic carbocycles. The van der Waals surface area contributed by atoms with Gasteiger partial charge in [-0.2, -0.15) is 0 Å². The van der Waals surface area contributed by atoms with Crippen LogP contribution >= 0.6 is 0 Å². The van der Waals surface area contributed by atoms with Crippen LogP contribution in [0.3, 0.4) is 0 Å². The van der Waals surface area contributed by atoms with E-state index in [-0.39, 0.29) is 17.8 Å². The van der Waals surface area contributed by atoms with Gasteiger partial charge in [0.2, 0.25) is 0 Å². The summed E-state index contributed by atoms with van der Waals surface area (Å²) >= 11 is 0. The molecule has 1 aromatic carbocycles. The second-order valence-corrected chi connectivity index (χ2v) is 5.21. The summed E-state index contributed by atoms with van der Waals surface area (Å²) in [4.78, 5) is 11.4. The average molecular weight is 265 g/mol. The number of carbonyl (C=O) groups excluding carboxylic acids is 1. The van der Waals surface area contributed by atoms with Crippen molar-refractivity contribution in [3.05, 3.63) is 35.1 Å². The van der Waals surface area contributed by atoms with Gasteiger partial charge in [0, 0.05) is 12.1 Å². The van der Waals surface area contributed by atoms with Gasteiger partial charge in [0.05, 0.1) is 13.5 Å². The number of ether oxygens (including phenoxy) is 1. The number of esters is 1. The molecule has 1 aliphatic rings. The summed E-state index contributed by atoms with van der Waals surface area (Å²) in [6.45, 7) is 1.75. The Morgan fingerprint density at radius 3 is 2.84 bits per heavy atom. The molecule has 19 heavy (non-hydrogen) atoms. The number of nitrogens with one attached hydrogen (secondary N) is 1. The molecular weight excluding hydrogens is 245 g/mol. The van der Waals surface area contributed by atoms with E-state index >= 15 is 0 Å². The highest BCUT2D eigenvalue weighted by atomic mass is 19.1. The maximum Gasteiger partial charge on any atom is 0.307 e. The van der Waals surface area contributed by atoms with Crippen molar-refractivity contribution < 1.29 is 13.9 Å². The normalized spacial score (nSPS) is 16.2. The Kier molecular flexibility index (Phi) is 4.53. The maximum atomic E-state index is 13.2. The van der Waals surface area contributed by atoms with Crippen molar-refractivity contribution in [2.75, 3.05) is 7.11 Å². The summed E-state index contributed by atoms with van der Waals surface area (Å²) in [5, 5.41) is 3.44. The number of hydrogen-bond donors (Lipinski definition) is 1. The number of carbonyl (C=O) groups is 1. The van der Waals surface area contributed by atoms with Gasteiger partial charge in [-0.25, -0.2) is 4.39 Å². The van der Waals surface area contributed by atoms with E-state index in [0.717, 1.165) is 5.56 Å². The minimum atomic E-state index is -0.211. The highest BCUT2D eigenvalue weighted by Crippen LogP contribution is 2.21. The molecule has 2 rings (SSSR count). The van der Waals surface area contributed by atoms with Gasteiger partial charge in [-0.15, -0.1) is 0 Å². The Morgan fingerprint density at radius 1 is 1.53 bits per heavy atom. The van der Waals surface area contributed by atoms with Crippen molar-refractivity contribution in [2.24, 2.45) is 0 Å². The Bertz CT molecular complexity index is 457. The molecule has 1 atom stereocenters. The Morgan fingerprint density at radius 2 is 2.26 bits per heavy atom. The van der Waals surface area contributed by atoms with Crippen molar-refractivity contribution >= 4 is 5.97 Å². The largest absolute Gasteiger partial charge is 0.469 e. The van der Waals surface area contributed by atoms with Crippen LogP contribution in [0.25, 0.3) is 0 Å². The van der Waals surface area contributed by atoms with Crippen molar-refractivity contribution in [3.63, 3.8) is 0 Å². The first kappa shape index (κ1) is 14.0. The summed E-state index contributed by atoms with van der Waals surface area (Å²) in [6, 6.07) is 5.69. The molecule has 1 fully saturated rings. The summed E-state index contributed by atoms with van der Waals surface area (Å²) in [7, 11) is 1.40. The molecule has 1 saturated carbocycles. The van der Waals surface area contributed by atoms with Gasteiger partial charge in [-0.05, 0) is 43.4 Å². The topological polar surface area (TPSA) is 38.3 Å². The van der Waals surface area contributed by atoms with Crippen molar-refractivity contribution in [2.45, 2.75) is 44.7 Å². The molecule has 0 radical (unpaired) electrons. The summed E-state index contributed by atoms with van der Waals surface area (Å²) in [6.07, 6.45) is 3.40. The Labute approximate surface area is 113 Å². The van der Waals surface area contributed by atoms with E-state index < -0.39 is 0 Å². The fourth-order valence-corrected chi connectivity index (χ4v) is 2.18. The monoisotopic (exact) mass is 265 g/mol. The van der Waals surface area contributed by atoms with Crippen LogP contribution in [0.4, 0.5) is 4.39 Å². The fraction of sp³-hybridized carbons (Fsp3) is 0.533. The molecule has 0 aromatic heterocycles. The quantitative estimate of drug-likeness (QED) is 0.802. The van der Waals surface area contributed by atoms with Crippen LogP contribution in [0.5, 0.6) is 0 Å². The molecule has 0 amide bonds. The number of rotatable bonds is 6. The third-order valence-corrected chi connectivity index (χ3v) is 3.39. The van der Waals surface area contributed by atoms with Gasteiger partial charge in [0.25, 0.3) is 0 Å². The summed E-state index contributed by atoms with van der Waals surface area (Å²) in [5.41, 5.74) is 1.68. The number of halogens is 1. The summed E-state index contributed by atoms with van der Waals surface area (Å²) in [5.74, 6) is -0.402. The van der Waals surface area contributed by atoms with Crippen LogP contribution in [0.2, 0.25) is 0 Å². The van der Waals surface area contributed by atoms with Gasteiger partial charge in [-0.3, -0.25) is 4.79 Å². The Balaban J connectivity index is 2.00. The van der Waals surface area contributed by atoms with Gasteiger partial charge in [0.15, 0.2) is 0 Å². The molecule has 0 aliphatic heterocycles. The van der Waals surface area contributed by atoms with E-state index in [1.54, 1.807) is 13.0 Å². The van der Waals surface area contributed by atoms with Crippen LogP contribution < -0.4 is 5.32 Å². The molecule has 1 unspecified atom stereocenters. The number of benzene rings is 1. The zero-order chi connectivity index (χ0) is 13.8. The fourth-order valence-electron chi connectivity index (χ4n) is 2.18. The van der Waals surface area contributed by atoms with Gasteiger partial charge < -0.3 is 10.1 Å². The molecule has 1 aromatic rings. The van der Waals surface area contributed by atoms with E-state index in [9.17, 15) is 9.18 Å². The first-order valence-electron chi connectivity index (χ1n) is 6.66. The molecular formula is C15H20FNO2. The molecule has 0 heterocycles. The lowest BCUT2D eigenvalue weighted by atomic mass is 10.0. The molecule has 1 N–H and O–H groups in total.